The van der Waals surface area contributed by atoms with Gasteiger partial charge in [0, 0.05) is 17.8 Å². The van der Waals surface area contributed by atoms with Crippen LogP contribution < -0.4 is 0 Å². The molecule has 4 atom stereocenters. The third-order valence-corrected chi connectivity index (χ3v) is 4.59. The number of allylic oxidation sites excluding steroid dienone is 10. The van der Waals surface area contributed by atoms with E-state index in [2.05, 4.69) is 56.4 Å². The minimum atomic E-state index is 0.143. The van der Waals surface area contributed by atoms with Crippen molar-refractivity contribution in [1.82, 2.24) is 0 Å². The molecule has 0 spiro atoms. The molecule has 0 aromatic heterocycles. The highest BCUT2D eigenvalue weighted by atomic mass is 14.5. The van der Waals surface area contributed by atoms with E-state index in [1.807, 2.05) is 6.08 Å². The van der Waals surface area contributed by atoms with Gasteiger partial charge >= 0.3 is 0 Å². The highest BCUT2D eigenvalue weighted by Gasteiger charge is 2.42. The Bertz CT molecular complexity index is 666. The van der Waals surface area contributed by atoms with Gasteiger partial charge in [-0.2, -0.15) is 10.5 Å². The van der Waals surface area contributed by atoms with E-state index in [0.29, 0.717) is 17.8 Å². The van der Waals surface area contributed by atoms with Gasteiger partial charge in [-0.15, -0.1) is 0 Å². The maximum absolute atomic E-state index is 9.20. The van der Waals surface area contributed by atoms with E-state index >= 15 is 0 Å². The van der Waals surface area contributed by atoms with Crippen LogP contribution in [0.25, 0.3) is 0 Å². The second kappa shape index (κ2) is 4.66. The summed E-state index contributed by atoms with van der Waals surface area (Å²) in [4.78, 5) is 0. The summed E-state index contributed by atoms with van der Waals surface area (Å²) < 4.78 is 0. The van der Waals surface area contributed by atoms with Crippen LogP contribution in [-0.4, -0.2) is 0 Å². The molecule has 0 saturated heterocycles. The first-order valence-electron chi connectivity index (χ1n) is 6.94. The maximum atomic E-state index is 9.20. The lowest BCUT2D eigenvalue weighted by atomic mass is 9.69. The summed E-state index contributed by atoms with van der Waals surface area (Å²) in [6, 6.07) is 4.11. The first-order valence-corrected chi connectivity index (χ1v) is 6.94. The molecule has 0 heterocycles. The Labute approximate surface area is 119 Å². The molecule has 4 rings (SSSR count). The van der Waals surface area contributed by atoms with Crippen molar-refractivity contribution < 1.29 is 0 Å². The molecule has 0 aromatic rings. The highest BCUT2D eigenvalue weighted by Crippen LogP contribution is 2.50. The SMILES string of the molecule is CC(C)=C1C=C[C@@H]2[C@H]3C=CC(=C(C#N)C#N)[C@H](C=C3)[C@H]12. The Hall–Kier alpha value is -2.32. The average molecular weight is 260 g/mol. The molecule has 20 heavy (non-hydrogen) atoms. The van der Waals surface area contributed by atoms with Gasteiger partial charge in [0.15, 0.2) is 0 Å². The molecule has 4 aliphatic carbocycles. The Balaban J connectivity index is 2.19. The van der Waals surface area contributed by atoms with Crippen LogP contribution in [0.15, 0.2) is 58.7 Å². The van der Waals surface area contributed by atoms with E-state index < -0.39 is 0 Å². The van der Waals surface area contributed by atoms with Crippen LogP contribution >= 0.6 is 0 Å². The van der Waals surface area contributed by atoms with Crippen LogP contribution in [0.4, 0.5) is 0 Å². The van der Waals surface area contributed by atoms with Gasteiger partial charge < -0.3 is 0 Å². The van der Waals surface area contributed by atoms with Gasteiger partial charge in [0.1, 0.15) is 17.7 Å². The summed E-state index contributed by atoms with van der Waals surface area (Å²) in [6.45, 7) is 4.27. The van der Waals surface area contributed by atoms with Crippen molar-refractivity contribution in [3.63, 3.8) is 0 Å². The van der Waals surface area contributed by atoms with Crippen LogP contribution in [-0.2, 0) is 0 Å². The lowest BCUT2D eigenvalue weighted by molar-refractivity contribution is 0.356. The molecule has 2 bridgehead atoms. The number of hydrogen-bond acceptors (Lipinski definition) is 2. The highest BCUT2D eigenvalue weighted by molar-refractivity contribution is 5.53. The van der Waals surface area contributed by atoms with Crippen LogP contribution in [0.2, 0.25) is 0 Å². The normalized spacial score (nSPS) is 32.6. The van der Waals surface area contributed by atoms with Crippen molar-refractivity contribution in [1.29, 1.82) is 10.5 Å². The predicted molar refractivity (Wildman–Crippen MR) is 78.0 cm³/mol. The molecule has 0 aliphatic heterocycles. The van der Waals surface area contributed by atoms with Crippen LogP contribution in [0.1, 0.15) is 13.8 Å². The Morgan fingerprint density at radius 3 is 2.30 bits per heavy atom. The average Bonchev–Trinajstić information content (AvgIpc) is 2.73. The zero-order valence-corrected chi connectivity index (χ0v) is 11.7. The largest absolute Gasteiger partial charge is 0.192 e. The van der Waals surface area contributed by atoms with Crippen LogP contribution in [0.3, 0.4) is 0 Å². The topological polar surface area (TPSA) is 47.6 Å². The molecule has 0 N–H and O–H groups in total. The van der Waals surface area contributed by atoms with Gasteiger partial charge in [-0.1, -0.05) is 42.0 Å². The molecule has 0 amide bonds. The smallest absolute Gasteiger partial charge is 0.133 e. The second-order valence-electron chi connectivity index (χ2n) is 5.82. The van der Waals surface area contributed by atoms with E-state index in [1.165, 1.54) is 11.1 Å². The minimum absolute atomic E-state index is 0.143. The number of rotatable bonds is 0. The third kappa shape index (κ3) is 1.69. The standard InChI is InChI=1S/C18H16N2/c1-11(2)14-7-8-16-12-3-5-15(13(9-19)10-20)17(6-4-12)18(14)16/h3-8,12,16-18H,1-2H3/t12-,16+,17-,18+/m0/s1. The Morgan fingerprint density at radius 2 is 1.65 bits per heavy atom. The number of nitrogens with zero attached hydrogens (tertiary/aromatic N) is 2. The van der Waals surface area contributed by atoms with Gasteiger partial charge in [-0.25, -0.2) is 0 Å². The van der Waals surface area contributed by atoms with Gasteiger partial charge in [-0.3, -0.25) is 0 Å². The van der Waals surface area contributed by atoms with Crippen molar-refractivity contribution in [2.24, 2.45) is 23.7 Å². The van der Waals surface area contributed by atoms with Crippen molar-refractivity contribution >= 4 is 0 Å². The first kappa shape index (κ1) is 12.7. The zero-order chi connectivity index (χ0) is 14.3. The fourth-order valence-corrected chi connectivity index (χ4v) is 3.67. The monoisotopic (exact) mass is 260 g/mol. The summed E-state index contributed by atoms with van der Waals surface area (Å²) in [5, 5.41) is 18.4. The summed E-state index contributed by atoms with van der Waals surface area (Å²) >= 11 is 0. The number of hydrogen-bond donors (Lipinski definition) is 0. The molecular weight excluding hydrogens is 244 g/mol. The van der Waals surface area contributed by atoms with Gasteiger partial charge in [-0.05, 0) is 30.9 Å². The minimum Gasteiger partial charge on any atom is -0.192 e. The van der Waals surface area contributed by atoms with Gasteiger partial charge in [0.2, 0.25) is 0 Å². The number of fused-ring (bicyclic) bond motifs is 1. The molecular formula is C18H16N2. The Morgan fingerprint density at radius 1 is 0.950 bits per heavy atom. The van der Waals surface area contributed by atoms with E-state index in [1.54, 1.807) is 0 Å². The summed E-state index contributed by atoms with van der Waals surface area (Å²) in [7, 11) is 0. The van der Waals surface area contributed by atoms with E-state index in [-0.39, 0.29) is 11.5 Å². The van der Waals surface area contributed by atoms with Crippen molar-refractivity contribution in [3.05, 3.63) is 58.7 Å². The maximum Gasteiger partial charge on any atom is 0.133 e. The third-order valence-electron chi connectivity index (χ3n) is 4.59. The quantitative estimate of drug-likeness (QED) is 0.490. The molecule has 4 aliphatic rings. The fourth-order valence-electron chi connectivity index (χ4n) is 3.67. The molecule has 2 nitrogen and oxygen atoms in total. The van der Waals surface area contributed by atoms with Crippen LogP contribution in [0, 0.1) is 46.3 Å². The zero-order valence-electron chi connectivity index (χ0n) is 11.7. The van der Waals surface area contributed by atoms with Gasteiger partial charge in [0.05, 0.1) is 0 Å². The molecule has 0 radical (unpaired) electrons. The first-order chi connectivity index (χ1) is 9.67. The van der Waals surface area contributed by atoms with Crippen molar-refractivity contribution in [2.45, 2.75) is 13.8 Å². The predicted octanol–water partition coefficient (Wildman–Crippen LogP) is 3.84. The van der Waals surface area contributed by atoms with Crippen molar-refractivity contribution in [3.8, 4) is 12.1 Å². The molecule has 0 unspecified atom stereocenters. The van der Waals surface area contributed by atoms with E-state index in [0.717, 1.165) is 5.57 Å². The van der Waals surface area contributed by atoms with Crippen molar-refractivity contribution in [2.75, 3.05) is 0 Å². The van der Waals surface area contributed by atoms with E-state index in [4.69, 9.17) is 0 Å². The lowest BCUT2D eigenvalue weighted by Gasteiger charge is -2.33. The molecule has 98 valence electrons. The molecule has 0 fully saturated rings. The summed E-state index contributed by atoms with van der Waals surface area (Å²) in [5.74, 6) is 1.35. The molecule has 2 heteroatoms. The van der Waals surface area contributed by atoms with E-state index in [9.17, 15) is 10.5 Å². The lowest BCUT2D eigenvalue weighted by Crippen LogP contribution is -2.27. The summed E-state index contributed by atoms with van der Waals surface area (Å²) in [5.41, 5.74) is 3.82. The van der Waals surface area contributed by atoms with Crippen LogP contribution in [0.5, 0.6) is 0 Å². The number of nitriles is 2. The fraction of sp³-hybridized carbons (Fsp3) is 0.333. The molecule has 0 saturated carbocycles. The van der Waals surface area contributed by atoms with Gasteiger partial charge in [0.25, 0.3) is 0 Å². The Kier molecular flexibility index (Phi) is 2.96. The summed E-state index contributed by atoms with van der Waals surface area (Å²) in [6.07, 6.45) is 13.1. The molecule has 0 aromatic carbocycles. The second-order valence-corrected chi connectivity index (χ2v) is 5.82.